The van der Waals surface area contributed by atoms with E-state index in [1.54, 1.807) is 4.68 Å². The Morgan fingerprint density at radius 3 is 1.73 bits per heavy atom. The number of nitrogens with zero attached hydrogens (tertiary/aromatic N) is 5. The minimum absolute atomic E-state index is 0.353. The number of benzene rings is 3. The average molecular weight is 408 g/mol. The fourth-order valence-electron chi connectivity index (χ4n) is 3.25. The highest BCUT2D eigenvalue weighted by molar-refractivity contribution is 7.71. The minimum atomic E-state index is 0.353. The van der Waals surface area contributed by atoms with E-state index in [-0.39, 0.29) is 0 Å². The molecule has 5 rings (SSSR count). The summed E-state index contributed by atoms with van der Waals surface area (Å²) < 4.78 is 2.03. The molecule has 1 N–H and O–H groups in total. The predicted molar refractivity (Wildman–Crippen MR) is 118 cm³/mol. The Morgan fingerprint density at radius 2 is 1.13 bits per heavy atom. The molecule has 3 aromatic carbocycles. The van der Waals surface area contributed by atoms with E-state index in [0.717, 1.165) is 22.4 Å². The lowest BCUT2D eigenvalue weighted by atomic mass is 10.0. The van der Waals surface area contributed by atoms with Crippen LogP contribution in [0.2, 0.25) is 0 Å². The van der Waals surface area contributed by atoms with Crippen LogP contribution < -0.4 is 0 Å². The van der Waals surface area contributed by atoms with Gasteiger partial charge in [0.25, 0.3) is 5.95 Å². The van der Waals surface area contributed by atoms with E-state index in [1.165, 1.54) is 0 Å². The number of nitrogens with one attached hydrogen (secondary N) is 1. The molecule has 0 unspecified atom stereocenters. The molecule has 2 heterocycles. The van der Waals surface area contributed by atoms with E-state index in [2.05, 4.69) is 20.3 Å². The van der Waals surface area contributed by atoms with E-state index in [4.69, 9.17) is 17.2 Å². The molecule has 0 saturated heterocycles. The summed E-state index contributed by atoms with van der Waals surface area (Å²) in [6.45, 7) is 0. The minimum Gasteiger partial charge on any atom is -0.263 e. The first-order valence-electron chi connectivity index (χ1n) is 9.40. The molecule has 0 amide bonds. The van der Waals surface area contributed by atoms with E-state index in [1.807, 2.05) is 91.0 Å². The Labute approximate surface area is 177 Å². The summed E-state index contributed by atoms with van der Waals surface area (Å²) in [6.07, 6.45) is 0. The predicted octanol–water partition coefficient (Wildman–Crippen LogP) is 5.12. The molecule has 30 heavy (non-hydrogen) atoms. The van der Waals surface area contributed by atoms with Gasteiger partial charge in [-0.3, -0.25) is 5.10 Å². The van der Waals surface area contributed by atoms with Gasteiger partial charge < -0.3 is 0 Å². The van der Waals surface area contributed by atoms with E-state index in [0.29, 0.717) is 22.2 Å². The highest BCUT2D eigenvalue weighted by atomic mass is 32.1. The third-order valence-corrected chi connectivity index (χ3v) is 4.81. The number of rotatable bonds is 4. The van der Waals surface area contributed by atoms with Crippen molar-refractivity contribution in [1.82, 2.24) is 29.9 Å². The molecular weight excluding hydrogens is 392 g/mol. The van der Waals surface area contributed by atoms with Crippen molar-refractivity contribution < 1.29 is 0 Å². The fourth-order valence-corrected chi connectivity index (χ4v) is 3.42. The summed E-state index contributed by atoms with van der Waals surface area (Å²) in [5.74, 6) is 1.00. The molecule has 7 heteroatoms. The molecular formula is C23H16N6S. The second kappa shape index (κ2) is 7.81. The largest absolute Gasteiger partial charge is 0.270 e. The van der Waals surface area contributed by atoms with Gasteiger partial charge in [0.2, 0.25) is 4.77 Å². The Balaban J connectivity index is 1.72. The third kappa shape index (κ3) is 3.42. The van der Waals surface area contributed by atoms with Gasteiger partial charge in [0.15, 0.2) is 5.82 Å². The molecule has 0 radical (unpaired) electrons. The van der Waals surface area contributed by atoms with Gasteiger partial charge in [-0.05, 0) is 12.2 Å². The lowest BCUT2D eigenvalue weighted by Gasteiger charge is -2.11. The second-order valence-electron chi connectivity index (χ2n) is 6.59. The number of hydrogen-bond donors (Lipinski definition) is 1. The molecule has 0 fully saturated rings. The number of H-pyrrole nitrogens is 1. The first-order chi connectivity index (χ1) is 14.8. The zero-order valence-electron chi connectivity index (χ0n) is 15.8. The van der Waals surface area contributed by atoms with Crippen molar-refractivity contribution in [3.05, 3.63) is 95.8 Å². The van der Waals surface area contributed by atoms with Crippen molar-refractivity contribution >= 4 is 12.2 Å². The highest BCUT2D eigenvalue weighted by Gasteiger charge is 2.17. The van der Waals surface area contributed by atoms with Gasteiger partial charge in [0.05, 0.1) is 0 Å². The average Bonchev–Trinajstić information content (AvgIpc) is 3.22. The van der Waals surface area contributed by atoms with Gasteiger partial charge in [0.1, 0.15) is 11.4 Å². The maximum atomic E-state index is 5.29. The van der Waals surface area contributed by atoms with Crippen LogP contribution >= 0.6 is 12.2 Å². The lowest BCUT2D eigenvalue weighted by Crippen LogP contribution is -2.09. The van der Waals surface area contributed by atoms with Crippen LogP contribution in [0.25, 0.3) is 39.9 Å². The summed E-state index contributed by atoms with van der Waals surface area (Å²) in [7, 11) is 0. The first-order valence-corrected chi connectivity index (χ1v) is 9.81. The number of aromatic nitrogens is 6. The van der Waals surface area contributed by atoms with Crippen molar-refractivity contribution in [2.75, 3.05) is 0 Å². The van der Waals surface area contributed by atoms with Crippen LogP contribution in [0, 0.1) is 4.77 Å². The van der Waals surface area contributed by atoms with Crippen LogP contribution in [0.4, 0.5) is 0 Å². The summed E-state index contributed by atoms with van der Waals surface area (Å²) >= 11 is 5.29. The third-order valence-electron chi connectivity index (χ3n) is 4.63. The molecule has 0 aliphatic carbocycles. The van der Waals surface area contributed by atoms with Gasteiger partial charge in [-0.15, -0.1) is 10.2 Å². The maximum absolute atomic E-state index is 5.29. The number of aromatic amines is 1. The van der Waals surface area contributed by atoms with E-state index < -0.39 is 0 Å². The Morgan fingerprint density at radius 1 is 0.600 bits per heavy atom. The van der Waals surface area contributed by atoms with Crippen LogP contribution in [0.1, 0.15) is 0 Å². The SMILES string of the molecule is S=c1nc(-c2ccccc2)n(-c2nnc(-c3ccccc3)c(-c3ccccc3)n2)[nH]1. The molecule has 144 valence electrons. The molecule has 0 bridgehead atoms. The van der Waals surface area contributed by atoms with Crippen LogP contribution in [0.15, 0.2) is 91.0 Å². The van der Waals surface area contributed by atoms with E-state index >= 15 is 0 Å². The second-order valence-corrected chi connectivity index (χ2v) is 6.98. The smallest absolute Gasteiger partial charge is 0.263 e. The summed E-state index contributed by atoms with van der Waals surface area (Å²) in [6, 6.07) is 29.6. The fraction of sp³-hybridized carbons (Fsp3) is 0. The highest BCUT2D eigenvalue weighted by Crippen LogP contribution is 2.29. The van der Waals surface area contributed by atoms with Crippen molar-refractivity contribution in [2.45, 2.75) is 0 Å². The van der Waals surface area contributed by atoms with Crippen LogP contribution in [0.5, 0.6) is 0 Å². The quantitative estimate of drug-likeness (QED) is 0.418. The van der Waals surface area contributed by atoms with Crippen molar-refractivity contribution in [3.8, 4) is 39.9 Å². The van der Waals surface area contributed by atoms with Gasteiger partial charge >= 0.3 is 0 Å². The van der Waals surface area contributed by atoms with Gasteiger partial charge in [-0.1, -0.05) is 91.0 Å². The summed E-state index contributed by atoms with van der Waals surface area (Å²) in [5, 5.41) is 12.0. The topological polar surface area (TPSA) is 72.3 Å². The zero-order valence-corrected chi connectivity index (χ0v) is 16.6. The first kappa shape index (κ1) is 18.1. The molecule has 0 aliphatic rings. The molecule has 0 aliphatic heterocycles. The van der Waals surface area contributed by atoms with E-state index in [9.17, 15) is 0 Å². The Kier molecular flexibility index (Phi) is 4.71. The van der Waals surface area contributed by atoms with Gasteiger partial charge in [-0.2, -0.15) is 9.67 Å². The number of hydrogen-bond acceptors (Lipinski definition) is 5. The summed E-state index contributed by atoms with van der Waals surface area (Å²) in [4.78, 5) is 9.32. The lowest BCUT2D eigenvalue weighted by molar-refractivity contribution is 0.779. The van der Waals surface area contributed by atoms with Crippen LogP contribution in [0.3, 0.4) is 0 Å². The molecule has 0 atom stereocenters. The standard InChI is InChI=1S/C23H16N6S/c30-23-25-21(18-14-8-3-9-15-18)29(28-23)22-24-19(16-10-4-1-5-11-16)20(26-27-22)17-12-6-2-7-13-17/h1-15H,(H,28,30). The van der Waals surface area contributed by atoms with Gasteiger partial charge in [0, 0.05) is 16.7 Å². The zero-order chi connectivity index (χ0) is 20.3. The Bertz CT molecular complexity index is 1350. The van der Waals surface area contributed by atoms with Gasteiger partial charge in [-0.25, -0.2) is 4.98 Å². The molecule has 5 aromatic rings. The maximum Gasteiger partial charge on any atom is 0.270 e. The monoisotopic (exact) mass is 408 g/mol. The van der Waals surface area contributed by atoms with Crippen molar-refractivity contribution in [3.63, 3.8) is 0 Å². The molecule has 0 spiro atoms. The molecule has 0 saturated carbocycles. The van der Waals surface area contributed by atoms with Crippen LogP contribution in [-0.4, -0.2) is 29.9 Å². The Hall–Kier alpha value is -3.97. The normalized spacial score (nSPS) is 10.8. The van der Waals surface area contributed by atoms with Crippen molar-refractivity contribution in [2.24, 2.45) is 0 Å². The van der Waals surface area contributed by atoms with Crippen LogP contribution in [-0.2, 0) is 0 Å². The molecule has 6 nitrogen and oxygen atoms in total. The van der Waals surface area contributed by atoms with Crippen molar-refractivity contribution in [1.29, 1.82) is 0 Å². The molecule has 2 aromatic heterocycles. The summed E-state index contributed by atoms with van der Waals surface area (Å²) in [5.41, 5.74) is 4.25.